The van der Waals surface area contributed by atoms with Gasteiger partial charge in [-0.25, -0.2) is 4.98 Å². The normalized spacial score (nSPS) is 21.4. The van der Waals surface area contributed by atoms with E-state index < -0.39 is 0 Å². The van der Waals surface area contributed by atoms with Crippen molar-refractivity contribution >= 4 is 28.8 Å². The van der Waals surface area contributed by atoms with Gasteiger partial charge in [-0.1, -0.05) is 20.8 Å². The molecule has 0 radical (unpaired) electrons. The van der Waals surface area contributed by atoms with Gasteiger partial charge in [0, 0.05) is 24.2 Å². The molecule has 5 rings (SSSR count). The number of aromatic amines is 1. The Hall–Kier alpha value is -3.42. The van der Waals surface area contributed by atoms with Gasteiger partial charge in [-0.15, -0.1) is 10.2 Å². The van der Waals surface area contributed by atoms with Gasteiger partial charge in [0.15, 0.2) is 11.3 Å². The van der Waals surface area contributed by atoms with E-state index in [1.807, 2.05) is 18.3 Å². The zero-order chi connectivity index (χ0) is 19.8. The van der Waals surface area contributed by atoms with Crippen LogP contribution in [0.3, 0.4) is 0 Å². The molecule has 30 heavy (non-hydrogen) atoms. The maximum absolute atomic E-state index is 12.3. The third kappa shape index (κ3) is 3.49. The van der Waals surface area contributed by atoms with E-state index in [-0.39, 0.29) is 25.3 Å². The molecule has 4 heterocycles. The molecule has 0 bridgehead atoms. The smallest absolute Gasteiger partial charge is 0.244 e. The molecule has 0 unspecified atom stereocenters. The average molecular weight is 406 g/mol. The summed E-state index contributed by atoms with van der Waals surface area (Å²) in [7, 11) is 0. The van der Waals surface area contributed by atoms with Crippen molar-refractivity contribution in [1.29, 1.82) is 0 Å². The predicted octanol–water partition coefficient (Wildman–Crippen LogP) is 3.94. The number of H-pyrrole nitrogens is 1. The number of carbonyl (C=O) groups is 1. The second-order valence-electron chi connectivity index (χ2n) is 7.52. The van der Waals surface area contributed by atoms with Gasteiger partial charge in [0.2, 0.25) is 5.91 Å². The van der Waals surface area contributed by atoms with Crippen LogP contribution in [0.4, 0.5) is 0 Å². The Balaban J connectivity index is 0.00000218. The maximum Gasteiger partial charge on any atom is 0.244 e. The zero-order valence-corrected chi connectivity index (χ0v) is 16.1. The average Bonchev–Trinajstić information content (AvgIpc) is 3.51. The molecule has 156 valence electrons. The lowest BCUT2D eigenvalue weighted by Crippen LogP contribution is -2.31. The lowest BCUT2D eigenvalue weighted by Gasteiger charge is -2.15. The Morgan fingerprint density at radius 3 is 3.07 bits per heavy atom. The summed E-state index contributed by atoms with van der Waals surface area (Å²) in [6.07, 6.45) is 11.2. The molecule has 4 aromatic heterocycles. The molecule has 8 heteroatoms. The number of nitrogens with one attached hydrogen (secondary N) is 2. The lowest BCUT2D eigenvalue weighted by molar-refractivity contribution is -0.117. The van der Waals surface area contributed by atoms with Crippen LogP contribution in [0.1, 0.15) is 51.1 Å². The summed E-state index contributed by atoms with van der Waals surface area (Å²) in [6.45, 7) is 2.19. The van der Waals surface area contributed by atoms with E-state index in [1.54, 1.807) is 24.6 Å². The van der Waals surface area contributed by atoms with Crippen LogP contribution < -0.4 is 5.32 Å². The van der Waals surface area contributed by atoms with Gasteiger partial charge in [0.05, 0.1) is 18.0 Å². The Morgan fingerprint density at radius 1 is 1.37 bits per heavy atom. The van der Waals surface area contributed by atoms with Gasteiger partial charge in [0.25, 0.3) is 0 Å². The highest BCUT2D eigenvalue weighted by molar-refractivity contribution is 5.91. The first kappa shape index (κ1) is 19.9. The molecule has 0 saturated heterocycles. The summed E-state index contributed by atoms with van der Waals surface area (Å²) in [6, 6.07) is 5.71. The third-order valence-electron chi connectivity index (χ3n) is 5.81. The Bertz CT molecular complexity index is 1170. The fourth-order valence-electron chi connectivity index (χ4n) is 4.44. The molecule has 1 amide bonds. The van der Waals surface area contributed by atoms with Crippen LogP contribution >= 0.6 is 0 Å². The number of nitrogens with zero attached hydrogens (tertiary/aromatic N) is 4. The monoisotopic (exact) mass is 406 g/mol. The number of hydrogen-bond acceptors (Lipinski definition) is 5. The van der Waals surface area contributed by atoms with E-state index in [0.717, 1.165) is 41.9 Å². The highest BCUT2D eigenvalue weighted by Crippen LogP contribution is 2.41. The van der Waals surface area contributed by atoms with Gasteiger partial charge >= 0.3 is 0 Å². The van der Waals surface area contributed by atoms with Crippen LogP contribution in [0.2, 0.25) is 0 Å². The quantitative estimate of drug-likeness (QED) is 0.489. The van der Waals surface area contributed by atoms with Crippen molar-refractivity contribution in [2.45, 2.75) is 45.6 Å². The van der Waals surface area contributed by atoms with Crippen LogP contribution in [0.25, 0.3) is 22.9 Å². The Kier molecular flexibility index (Phi) is 5.39. The topological polar surface area (TPSA) is 101 Å². The molecule has 8 nitrogen and oxygen atoms in total. The maximum atomic E-state index is 12.3. The summed E-state index contributed by atoms with van der Waals surface area (Å²) in [4.78, 5) is 19.9. The van der Waals surface area contributed by atoms with Crippen LogP contribution in [0.15, 0.2) is 47.3 Å². The first-order chi connectivity index (χ1) is 14.2. The fraction of sp³-hybridized carbons (Fsp3) is 0.364. The molecule has 0 aromatic carbocycles. The van der Waals surface area contributed by atoms with Gasteiger partial charge in [-0.05, 0) is 43.0 Å². The first-order valence-corrected chi connectivity index (χ1v) is 9.92. The minimum absolute atomic E-state index is 0. The lowest BCUT2D eigenvalue weighted by atomic mass is 9.93. The molecule has 3 atom stereocenters. The van der Waals surface area contributed by atoms with E-state index >= 15 is 0 Å². The fourth-order valence-corrected chi connectivity index (χ4v) is 4.44. The summed E-state index contributed by atoms with van der Waals surface area (Å²) >= 11 is 0. The molecule has 1 saturated carbocycles. The van der Waals surface area contributed by atoms with Crippen LogP contribution in [0.5, 0.6) is 0 Å². The van der Waals surface area contributed by atoms with Gasteiger partial charge in [-0.2, -0.15) is 0 Å². The highest BCUT2D eigenvalue weighted by atomic mass is 16.3. The van der Waals surface area contributed by atoms with E-state index in [9.17, 15) is 4.79 Å². The third-order valence-corrected chi connectivity index (χ3v) is 5.81. The number of hydrogen-bond donors (Lipinski definition) is 2. The van der Waals surface area contributed by atoms with Crippen molar-refractivity contribution in [3.8, 4) is 0 Å². The first-order valence-electron chi connectivity index (χ1n) is 9.92. The number of carbonyl (C=O) groups excluding carboxylic acids is 1. The van der Waals surface area contributed by atoms with Crippen molar-refractivity contribution < 1.29 is 9.21 Å². The molecule has 2 N–H and O–H groups in total. The molecule has 0 spiro atoms. The second-order valence-corrected chi connectivity index (χ2v) is 7.52. The molecular weight excluding hydrogens is 380 g/mol. The summed E-state index contributed by atoms with van der Waals surface area (Å²) in [5, 5.41) is 12.0. The van der Waals surface area contributed by atoms with Crippen LogP contribution in [0, 0.1) is 5.92 Å². The number of fused-ring (bicyclic) bond motifs is 3. The van der Waals surface area contributed by atoms with Gasteiger partial charge in [0.1, 0.15) is 11.6 Å². The summed E-state index contributed by atoms with van der Waals surface area (Å²) in [5.74, 6) is 2.17. The molecule has 1 fully saturated rings. The zero-order valence-electron chi connectivity index (χ0n) is 16.1. The molecule has 4 aromatic rings. The van der Waals surface area contributed by atoms with E-state index in [1.165, 1.54) is 6.08 Å². The Morgan fingerprint density at radius 2 is 2.27 bits per heavy atom. The van der Waals surface area contributed by atoms with Crippen molar-refractivity contribution in [2.75, 3.05) is 0 Å². The van der Waals surface area contributed by atoms with E-state index in [0.29, 0.717) is 11.7 Å². The number of amides is 1. The minimum Gasteiger partial charge on any atom is -0.465 e. The molecular formula is C22H26N6O2. The summed E-state index contributed by atoms with van der Waals surface area (Å²) < 4.78 is 7.32. The van der Waals surface area contributed by atoms with E-state index in [4.69, 9.17) is 4.42 Å². The van der Waals surface area contributed by atoms with Crippen molar-refractivity contribution in [3.63, 3.8) is 0 Å². The standard InChI is InChI=1S/C21H22N6O2.CH4/c1-2-13-10-14(24-19(28)6-5-15-4-3-9-29-15)11-16(13)21-26-25-18-12-23-20-17(27(18)21)7-8-22-20;/h3-9,12-14,16,22H,2,10-11H2,1H3,(H,24,28);1H4/b6-5+;/t13-,14+,16+;/m1./s1. The number of rotatable bonds is 5. The SMILES string of the molecule is C.CC[C@@H]1C[C@H](NC(=O)/C=C/c2ccco2)C[C@@H]1c1nnc2cnc3[nH]ccc3n12. The van der Waals surface area contributed by atoms with Gasteiger partial charge < -0.3 is 14.7 Å². The second kappa shape index (κ2) is 8.14. The van der Waals surface area contributed by atoms with Crippen molar-refractivity contribution in [1.82, 2.24) is 29.9 Å². The minimum atomic E-state index is -0.106. The molecule has 1 aliphatic carbocycles. The Labute approximate surface area is 174 Å². The van der Waals surface area contributed by atoms with Gasteiger partial charge in [-0.3, -0.25) is 9.20 Å². The van der Waals surface area contributed by atoms with Crippen LogP contribution in [-0.4, -0.2) is 36.5 Å². The number of aromatic nitrogens is 5. The summed E-state index contributed by atoms with van der Waals surface area (Å²) in [5.41, 5.74) is 2.54. The van der Waals surface area contributed by atoms with Crippen molar-refractivity contribution in [2.24, 2.45) is 5.92 Å². The van der Waals surface area contributed by atoms with Crippen LogP contribution in [-0.2, 0) is 4.79 Å². The number of furan rings is 1. The largest absolute Gasteiger partial charge is 0.465 e. The molecule has 0 aliphatic heterocycles. The highest BCUT2D eigenvalue weighted by Gasteiger charge is 2.37. The van der Waals surface area contributed by atoms with Crippen molar-refractivity contribution in [3.05, 3.63) is 54.5 Å². The van der Waals surface area contributed by atoms with E-state index in [2.05, 4.69) is 36.8 Å². The molecule has 1 aliphatic rings. The predicted molar refractivity (Wildman–Crippen MR) is 115 cm³/mol.